The molecule has 0 atom stereocenters. The van der Waals surface area contributed by atoms with Crippen LogP contribution in [0.3, 0.4) is 0 Å². The highest BCUT2D eigenvalue weighted by molar-refractivity contribution is 5.88. The Morgan fingerprint density at radius 2 is 1.76 bits per heavy atom. The SMILES string of the molecule is CC(C)Cc1nc(N2CCN(C(=O)NC3CCCCC3)CC2)c2cnn(-c3ccccc3)c2n1. The molecule has 3 heterocycles. The van der Waals surface area contributed by atoms with Gasteiger partial charge in [0.25, 0.3) is 0 Å². The molecule has 1 saturated carbocycles. The number of piperazine rings is 1. The number of para-hydroxylation sites is 1. The molecule has 8 heteroatoms. The van der Waals surface area contributed by atoms with Gasteiger partial charge in [-0.05, 0) is 30.9 Å². The van der Waals surface area contributed by atoms with Crippen LogP contribution in [0.4, 0.5) is 10.6 Å². The third-order valence-corrected chi connectivity index (χ3v) is 6.85. The molecule has 1 aliphatic heterocycles. The molecule has 1 aliphatic carbocycles. The van der Waals surface area contributed by atoms with Gasteiger partial charge >= 0.3 is 6.03 Å². The lowest BCUT2D eigenvalue weighted by molar-refractivity contribution is 0.186. The number of urea groups is 1. The lowest BCUT2D eigenvalue weighted by atomic mass is 9.96. The van der Waals surface area contributed by atoms with Gasteiger partial charge in [0.2, 0.25) is 0 Å². The van der Waals surface area contributed by atoms with Gasteiger partial charge in [-0.25, -0.2) is 19.4 Å². The number of rotatable bonds is 5. The first-order valence-corrected chi connectivity index (χ1v) is 12.7. The van der Waals surface area contributed by atoms with E-state index < -0.39 is 0 Å². The van der Waals surface area contributed by atoms with Gasteiger partial charge in [0.1, 0.15) is 11.6 Å². The van der Waals surface area contributed by atoms with E-state index in [1.54, 1.807) is 0 Å². The Kier molecular flexibility index (Phi) is 6.65. The average Bonchev–Trinajstić information content (AvgIpc) is 3.28. The summed E-state index contributed by atoms with van der Waals surface area (Å²) in [6, 6.07) is 10.5. The molecular formula is C26H35N7O. The van der Waals surface area contributed by atoms with Gasteiger partial charge in [-0.2, -0.15) is 5.10 Å². The number of carbonyl (C=O) groups excluding carboxylic acids is 1. The maximum absolute atomic E-state index is 12.8. The number of nitrogens with zero attached hydrogens (tertiary/aromatic N) is 6. The summed E-state index contributed by atoms with van der Waals surface area (Å²) in [6.45, 7) is 7.26. The smallest absolute Gasteiger partial charge is 0.317 e. The Balaban J connectivity index is 1.36. The normalized spacial score (nSPS) is 17.5. The van der Waals surface area contributed by atoms with E-state index in [1.165, 1.54) is 19.3 Å². The fourth-order valence-corrected chi connectivity index (χ4v) is 5.03. The van der Waals surface area contributed by atoms with Gasteiger partial charge in [-0.3, -0.25) is 0 Å². The lowest BCUT2D eigenvalue weighted by Gasteiger charge is -2.36. The van der Waals surface area contributed by atoms with Crippen molar-refractivity contribution in [2.75, 3.05) is 31.1 Å². The molecule has 34 heavy (non-hydrogen) atoms. The minimum absolute atomic E-state index is 0.0804. The Hall–Kier alpha value is -3.16. The first-order valence-electron chi connectivity index (χ1n) is 12.7. The van der Waals surface area contributed by atoms with E-state index in [-0.39, 0.29) is 6.03 Å². The molecule has 180 valence electrons. The quantitative estimate of drug-likeness (QED) is 0.617. The molecule has 0 spiro atoms. The molecule has 1 aromatic carbocycles. The Labute approximate surface area is 201 Å². The lowest BCUT2D eigenvalue weighted by Crippen LogP contribution is -2.54. The van der Waals surface area contributed by atoms with Crippen LogP contribution in [-0.4, -0.2) is 62.9 Å². The average molecular weight is 462 g/mol. The van der Waals surface area contributed by atoms with Crippen molar-refractivity contribution in [2.24, 2.45) is 5.92 Å². The van der Waals surface area contributed by atoms with E-state index in [9.17, 15) is 4.79 Å². The van der Waals surface area contributed by atoms with Gasteiger partial charge in [0.15, 0.2) is 5.65 Å². The predicted octanol–water partition coefficient (Wildman–Crippen LogP) is 4.18. The van der Waals surface area contributed by atoms with Crippen LogP contribution in [0.15, 0.2) is 36.5 Å². The number of amides is 2. The molecule has 8 nitrogen and oxygen atoms in total. The maximum atomic E-state index is 12.8. The van der Waals surface area contributed by atoms with Crippen molar-refractivity contribution in [3.63, 3.8) is 0 Å². The van der Waals surface area contributed by atoms with E-state index in [2.05, 4.69) is 29.2 Å². The Bertz CT molecular complexity index is 1110. The Morgan fingerprint density at radius 3 is 2.47 bits per heavy atom. The minimum atomic E-state index is 0.0804. The van der Waals surface area contributed by atoms with Crippen LogP contribution in [-0.2, 0) is 6.42 Å². The number of fused-ring (bicyclic) bond motifs is 1. The highest BCUT2D eigenvalue weighted by atomic mass is 16.2. The van der Waals surface area contributed by atoms with Crippen LogP contribution in [0.25, 0.3) is 16.7 Å². The van der Waals surface area contributed by atoms with Gasteiger partial charge in [-0.1, -0.05) is 51.3 Å². The topological polar surface area (TPSA) is 79.2 Å². The van der Waals surface area contributed by atoms with Crippen molar-refractivity contribution in [1.29, 1.82) is 0 Å². The van der Waals surface area contributed by atoms with Crippen molar-refractivity contribution in [1.82, 2.24) is 30.0 Å². The second-order valence-corrected chi connectivity index (χ2v) is 9.95. The van der Waals surface area contributed by atoms with E-state index in [0.29, 0.717) is 25.0 Å². The van der Waals surface area contributed by atoms with Crippen molar-refractivity contribution >= 4 is 22.9 Å². The van der Waals surface area contributed by atoms with E-state index >= 15 is 0 Å². The second kappa shape index (κ2) is 9.99. The molecule has 2 aliphatic rings. The van der Waals surface area contributed by atoms with Gasteiger partial charge in [-0.15, -0.1) is 0 Å². The van der Waals surface area contributed by atoms with Crippen LogP contribution < -0.4 is 10.2 Å². The minimum Gasteiger partial charge on any atom is -0.352 e. The van der Waals surface area contributed by atoms with E-state index in [1.807, 2.05) is 46.1 Å². The van der Waals surface area contributed by atoms with Crippen molar-refractivity contribution < 1.29 is 4.79 Å². The molecule has 0 radical (unpaired) electrons. The summed E-state index contributed by atoms with van der Waals surface area (Å²) in [5, 5.41) is 8.87. The second-order valence-electron chi connectivity index (χ2n) is 9.95. The number of benzene rings is 1. The molecule has 3 aromatic rings. The number of carbonyl (C=O) groups is 1. The fourth-order valence-electron chi connectivity index (χ4n) is 5.03. The fraction of sp³-hybridized carbons (Fsp3) is 0.538. The summed E-state index contributed by atoms with van der Waals surface area (Å²) >= 11 is 0. The summed E-state index contributed by atoms with van der Waals surface area (Å²) in [7, 11) is 0. The largest absolute Gasteiger partial charge is 0.352 e. The predicted molar refractivity (Wildman–Crippen MR) is 134 cm³/mol. The van der Waals surface area contributed by atoms with Crippen molar-refractivity contribution in [3.8, 4) is 5.69 Å². The molecule has 2 aromatic heterocycles. The zero-order chi connectivity index (χ0) is 23.5. The van der Waals surface area contributed by atoms with Gasteiger partial charge < -0.3 is 15.1 Å². The van der Waals surface area contributed by atoms with Gasteiger partial charge in [0.05, 0.1) is 17.3 Å². The molecule has 2 fully saturated rings. The molecule has 5 rings (SSSR count). The number of nitrogens with one attached hydrogen (secondary N) is 1. The molecule has 2 amide bonds. The molecular weight excluding hydrogens is 426 g/mol. The highest BCUT2D eigenvalue weighted by Crippen LogP contribution is 2.27. The van der Waals surface area contributed by atoms with Crippen LogP contribution in [0, 0.1) is 5.92 Å². The number of anilines is 1. The summed E-state index contributed by atoms with van der Waals surface area (Å²) < 4.78 is 1.90. The summed E-state index contributed by atoms with van der Waals surface area (Å²) in [5.41, 5.74) is 1.83. The molecule has 1 saturated heterocycles. The monoisotopic (exact) mass is 461 g/mol. The zero-order valence-corrected chi connectivity index (χ0v) is 20.3. The standard InChI is InChI=1S/C26H35N7O/c1-19(2)17-23-29-24(22-18-27-33(25(22)30-23)21-11-7-4-8-12-21)31-13-15-32(16-14-31)26(34)28-20-9-5-3-6-10-20/h4,7-8,11-12,18-20H,3,5-6,9-10,13-17H2,1-2H3,(H,28,34). The third kappa shape index (κ3) is 4.86. The summed E-state index contributed by atoms with van der Waals surface area (Å²) in [5.74, 6) is 2.22. The van der Waals surface area contributed by atoms with E-state index in [0.717, 1.165) is 60.7 Å². The summed E-state index contributed by atoms with van der Waals surface area (Å²) in [6.07, 6.45) is 8.63. The summed E-state index contributed by atoms with van der Waals surface area (Å²) in [4.78, 5) is 26.9. The first kappa shape index (κ1) is 22.6. The van der Waals surface area contributed by atoms with Crippen LogP contribution >= 0.6 is 0 Å². The van der Waals surface area contributed by atoms with E-state index in [4.69, 9.17) is 9.97 Å². The maximum Gasteiger partial charge on any atom is 0.317 e. The van der Waals surface area contributed by atoms with Crippen molar-refractivity contribution in [2.45, 2.75) is 58.4 Å². The first-order chi connectivity index (χ1) is 16.6. The van der Waals surface area contributed by atoms with Gasteiger partial charge in [0, 0.05) is 38.6 Å². The van der Waals surface area contributed by atoms with Crippen LogP contribution in [0.5, 0.6) is 0 Å². The molecule has 1 N–H and O–H groups in total. The molecule has 0 unspecified atom stereocenters. The zero-order valence-electron chi connectivity index (χ0n) is 20.3. The van der Waals surface area contributed by atoms with Crippen LogP contribution in [0.2, 0.25) is 0 Å². The third-order valence-electron chi connectivity index (χ3n) is 6.85. The number of hydrogen-bond donors (Lipinski definition) is 1. The highest BCUT2D eigenvalue weighted by Gasteiger charge is 2.26. The Morgan fingerprint density at radius 1 is 1.03 bits per heavy atom. The number of aromatic nitrogens is 4. The molecule has 0 bridgehead atoms. The number of hydrogen-bond acceptors (Lipinski definition) is 5. The van der Waals surface area contributed by atoms with Crippen LogP contribution in [0.1, 0.15) is 51.8 Å². The van der Waals surface area contributed by atoms with Crippen molar-refractivity contribution in [3.05, 3.63) is 42.4 Å².